The lowest BCUT2D eigenvalue weighted by Crippen LogP contribution is -2.41. The van der Waals surface area contributed by atoms with Gasteiger partial charge in [0.2, 0.25) is 0 Å². The van der Waals surface area contributed by atoms with Crippen LogP contribution in [0.25, 0.3) is 0 Å². The molecule has 0 saturated carbocycles. The van der Waals surface area contributed by atoms with Crippen molar-refractivity contribution in [1.29, 1.82) is 0 Å². The average molecular weight is 263 g/mol. The second-order valence-corrected chi connectivity index (χ2v) is 5.10. The SMILES string of the molecule is Cc1c(N2CCCCC2CCN)cccc1[N+](=O)[O-]. The minimum atomic E-state index is -0.305. The Hall–Kier alpha value is -1.62. The number of hydrogen-bond donors (Lipinski definition) is 1. The van der Waals surface area contributed by atoms with Gasteiger partial charge in [-0.3, -0.25) is 10.1 Å². The van der Waals surface area contributed by atoms with Crippen molar-refractivity contribution in [3.05, 3.63) is 33.9 Å². The van der Waals surface area contributed by atoms with E-state index in [4.69, 9.17) is 5.73 Å². The number of nitrogens with two attached hydrogens (primary N) is 1. The van der Waals surface area contributed by atoms with Crippen LogP contribution in [0.5, 0.6) is 0 Å². The van der Waals surface area contributed by atoms with Gasteiger partial charge < -0.3 is 10.6 Å². The molecule has 0 bridgehead atoms. The number of piperidine rings is 1. The smallest absolute Gasteiger partial charge is 0.274 e. The van der Waals surface area contributed by atoms with E-state index in [0.717, 1.165) is 37.1 Å². The highest BCUT2D eigenvalue weighted by molar-refractivity contribution is 5.62. The largest absolute Gasteiger partial charge is 0.368 e. The fourth-order valence-corrected chi connectivity index (χ4v) is 2.93. The summed E-state index contributed by atoms with van der Waals surface area (Å²) in [7, 11) is 0. The number of benzene rings is 1. The maximum Gasteiger partial charge on any atom is 0.274 e. The Morgan fingerprint density at radius 2 is 2.26 bits per heavy atom. The molecule has 2 N–H and O–H groups in total. The monoisotopic (exact) mass is 263 g/mol. The molecule has 19 heavy (non-hydrogen) atoms. The highest BCUT2D eigenvalue weighted by Gasteiger charge is 2.25. The first kappa shape index (κ1) is 13.8. The number of nitro groups is 1. The lowest BCUT2D eigenvalue weighted by molar-refractivity contribution is -0.385. The van der Waals surface area contributed by atoms with Gasteiger partial charge in [0.05, 0.1) is 10.5 Å². The molecule has 0 spiro atoms. The summed E-state index contributed by atoms with van der Waals surface area (Å²) in [6.07, 6.45) is 4.43. The van der Waals surface area contributed by atoms with Crippen LogP contribution >= 0.6 is 0 Å². The van der Waals surface area contributed by atoms with E-state index in [-0.39, 0.29) is 10.6 Å². The Morgan fingerprint density at radius 1 is 1.47 bits per heavy atom. The molecule has 2 rings (SSSR count). The normalized spacial score (nSPS) is 19.5. The van der Waals surface area contributed by atoms with Gasteiger partial charge in [-0.15, -0.1) is 0 Å². The number of hydrogen-bond acceptors (Lipinski definition) is 4. The van der Waals surface area contributed by atoms with Gasteiger partial charge in [0, 0.05) is 24.3 Å². The van der Waals surface area contributed by atoms with Gasteiger partial charge in [0.1, 0.15) is 0 Å². The third kappa shape index (κ3) is 2.87. The number of anilines is 1. The van der Waals surface area contributed by atoms with Crippen molar-refractivity contribution in [2.45, 2.75) is 38.6 Å². The zero-order valence-electron chi connectivity index (χ0n) is 11.3. The third-order valence-electron chi connectivity index (χ3n) is 3.91. The van der Waals surface area contributed by atoms with E-state index in [1.807, 2.05) is 13.0 Å². The van der Waals surface area contributed by atoms with Gasteiger partial charge in [0.25, 0.3) is 5.69 Å². The molecule has 104 valence electrons. The Kier molecular flexibility index (Phi) is 4.37. The lowest BCUT2D eigenvalue weighted by atomic mass is 9.97. The Bertz CT molecular complexity index is 460. The first-order valence-electron chi connectivity index (χ1n) is 6.86. The van der Waals surface area contributed by atoms with Crippen molar-refractivity contribution in [2.75, 3.05) is 18.0 Å². The summed E-state index contributed by atoms with van der Waals surface area (Å²) in [5.41, 5.74) is 7.64. The Labute approximate surface area is 113 Å². The van der Waals surface area contributed by atoms with Crippen LogP contribution < -0.4 is 10.6 Å². The van der Waals surface area contributed by atoms with Crippen LogP contribution in [0, 0.1) is 17.0 Å². The van der Waals surface area contributed by atoms with E-state index in [1.165, 1.54) is 6.42 Å². The molecule has 1 heterocycles. The molecule has 1 unspecified atom stereocenters. The summed E-state index contributed by atoms with van der Waals surface area (Å²) < 4.78 is 0. The minimum Gasteiger partial charge on any atom is -0.368 e. The fourth-order valence-electron chi connectivity index (χ4n) is 2.93. The molecule has 1 aromatic carbocycles. The molecular weight excluding hydrogens is 242 g/mol. The lowest BCUT2D eigenvalue weighted by Gasteiger charge is -2.38. The number of nitro benzene ring substituents is 1. The Morgan fingerprint density at radius 3 is 2.95 bits per heavy atom. The molecule has 0 amide bonds. The molecule has 1 aliphatic rings. The van der Waals surface area contributed by atoms with Crippen molar-refractivity contribution >= 4 is 11.4 Å². The van der Waals surface area contributed by atoms with Gasteiger partial charge in [-0.25, -0.2) is 0 Å². The molecule has 1 aromatic rings. The summed E-state index contributed by atoms with van der Waals surface area (Å²) in [6, 6.07) is 5.74. The zero-order chi connectivity index (χ0) is 13.8. The molecule has 5 nitrogen and oxygen atoms in total. The average Bonchev–Trinajstić information content (AvgIpc) is 2.40. The molecule has 5 heteroatoms. The molecule has 1 atom stereocenters. The van der Waals surface area contributed by atoms with Crippen molar-refractivity contribution < 1.29 is 4.92 Å². The third-order valence-corrected chi connectivity index (χ3v) is 3.91. The fraction of sp³-hybridized carbons (Fsp3) is 0.571. The van der Waals surface area contributed by atoms with Crippen LogP contribution in [0.4, 0.5) is 11.4 Å². The van der Waals surface area contributed by atoms with E-state index >= 15 is 0 Å². The molecule has 1 fully saturated rings. The predicted molar refractivity (Wildman–Crippen MR) is 76.5 cm³/mol. The van der Waals surface area contributed by atoms with E-state index < -0.39 is 0 Å². The van der Waals surface area contributed by atoms with E-state index in [0.29, 0.717) is 12.6 Å². The summed E-state index contributed by atoms with van der Waals surface area (Å²) >= 11 is 0. The molecular formula is C14H21N3O2. The molecule has 0 aliphatic carbocycles. The summed E-state index contributed by atoms with van der Waals surface area (Å²) in [6.45, 7) is 3.46. The highest BCUT2D eigenvalue weighted by Crippen LogP contribution is 2.33. The summed E-state index contributed by atoms with van der Waals surface area (Å²) in [5, 5.41) is 11.0. The van der Waals surface area contributed by atoms with Crippen LogP contribution in [-0.4, -0.2) is 24.1 Å². The Balaban J connectivity index is 2.33. The number of rotatable bonds is 4. The van der Waals surface area contributed by atoms with Gasteiger partial charge in [-0.05, 0) is 45.2 Å². The molecule has 0 radical (unpaired) electrons. The van der Waals surface area contributed by atoms with Gasteiger partial charge in [-0.2, -0.15) is 0 Å². The first-order valence-corrected chi connectivity index (χ1v) is 6.86. The molecule has 0 aromatic heterocycles. The van der Waals surface area contributed by atoms with Crippen LogP contribution in [0.3, 0.4) is 0 Å². The van der Waals surface area contributed by atoms with Crippen molar-refractivity contribution in [3.8, 4) is 0 Å². The first-order chi connectivity index (χ1) is 9.15. The zero-order valence-corrected chi connectivity index (χ0v) is 11.3. The van der Waals surface area contributed by atoms with E-state index in [2.05, 4.69) is 4.90 Å². The van der Waals surface area contributed by atoms with Gasteiger partial charge in [0.15, 0.2) is 0 Å². The second-order valence-electron chi connectivity index (χ2n) is 5.10. The van der Waals surface area contributed by atoms with Gasteiger partial charge in [-0.1, -0.05) is 6.07 Å². The van der Waals surface area contributed by atoms with Crippen molar-refractivity contribution in [1.82, 2.24) is 0 Å². The number of nitrogens with zero attached hydrogens (tertiary/aromatic N) is 2. The standard InChI is InChI=1S/C14H21N3O2/c1-11-13(6-4-7-14(11)17(18)19)16-10-3-2-5-12(16)8-9-15/h4,6-7,12H,2-3,5,8-10,15H2,1H3. The van der Waals surface area contributed by atoms with E-state index in [1.54, 1.807) is 12.1 Å². The van der Waals surface area contributed by atoms with Crippen molar-refractivity contribution in [2.24, 2.45) is 5.73 Å². The predicted octanol–water partition coefficient (Wildman–Crippen LogP) is 2.61. The molecule has 1 saturated heterocycles. The van der Waals surface area contributed by atoms with E-state index in [9.17, 15) is 10.1 Å². The summed E-state index contributed by atoms with van der Waals surface area (Å²) in [4.78, 5) is 13.0. The van der Waals surface area contributed by atoms with Crippen LogP contribution in [0.1, 0.15) is 31.2 Å². The maximum absolute atomic E-state index is 11.0. The second kappa shape index (κ2) is 6.02. The highest BCUT2D eigenvalue weighted by atomic mass is 16.6. The van der Waals surface area contributed by atoms with Crippen LogP contribution in [0.2, 0.25) is 0 Å². The summed E-state index contributed by atoms with van der Waals surface area (Å²) in [5.74, 6) is 0. The molecule has 1 aliphatic heterocycles. The quantitative estimate of drug-likeness (QED) is 0.669. The minimum absolute atomic E-state index is 0.203. The van der Waals surface area contributed by atoms with Gasteiger partial charge >= 0.3 is 0 Å². The van der Waals surface area contributed by atoms with Crippen LogP contribution in [-0.2, 0) is 0 Å². The van der Waals surface area contributed by atoms with Crippen molar-refractivity contribution in [3.63, 3.8) is 0 Å². The topological polar surface area (TPSA) is 72.4 Å². The van der Waals surface area contributed by atoms with Crippen LogP contribution in [0.15, 0.2) is 18.2 Å². The maximum atomic E-state index is 11.0.